The molecule has 1 amide bonds. The zero-order valence-corrected chi connectivity index (χ0v) is 13.6. The highest BCUT2D eigenvalue weighted by Gasteiger charge is 2.19. The van der Waals surface area contributed by atoms with Gasteiger partial charge in [-0.1, -0.05) is 25.5 Å². The number of rotatable bonds is 5. The Kier molecular flexibility index (Phi) is 5.66. The van der Waals surface area contributed by atoms with Crippen molar-refractivity contribution >= 4 is 11.6 Å². The van der Waals surface area contributed by atoms with Gasteiger partial charge in [0.25, 0.3) is 0 Å². The van der Waals surface area contributed by atoms with Crippen molar-refractivity contribution in [3.63, 3.8) is 0 Å². The zero-order chi connectivity index (χ0) is 15.2. The van der Waals surface area contributed by atoms with Crippen LogP contribution < -0.4 is 5.32 Å². The fourth-order valence-corrected chi connectivity index (χ4v) is 3.10. The monoisotopic (exact) mass is 288 g/mol. The Hall–Kier alpha value is -1.51. The molecule has 0 aromatic heterocycles. The van der Waals surface area contributed by atoms with E-state index < -0.39 is 0 Å². The van der Waals surface area contributed by atoms with E-state index >= 15 is 0 Å². The summed E-state index contributed by atoms with van der Waals surface area (Å²) < 4.78 is 0. The van der Waals surface area contributed by atoms with Gasteiger partial charge < -0.3 is 10.2 Å². The fraction of sp³-hybridized carbons (Fsp3) is 0.611. The number of carbonyl (C=O) groups is 1. The van der Waals surface area contributed by atoms with E-state index in [1.807, 2.05) is 7.05 Å². The Balaban J connectivity index is 1.91. The van der Waals surface area contributed by atoms with Crippen LogP contribution in [0.3, 0.4) is 0 Å². The number of hydrogen-bond donors (Lipinski definition) is 1. The third-order valence-corrected chi connectivity index (χ3v) is 4.68. The first kappa shape index (κ1) is 15.9. The second kappa shape index (κ2) is 7.48. The number of nitrogens with one attached hydrogen (secondary N) is 1. The van der Waals surface area contributed by atoms with E-state index in [1.54, 1.807) is 11.8 Å². The molecule has 0 aliphatic heterocycles. The average Bonchev–Trinajstić information content (AvgIpc) is 2.48. The number of benzene rings is 1. The highest BCUT2D eigenvalue weighted by atomic mass is 16.2. The zero-order valence-electron chi connectivity index (χ0n) is 13.6. The van der Waals surface area contributed by atoms with E-state index in [9.17, 15) is 4.79 Å². The SMILES string of the molecule is CCC1CCC(Nc2cccc(CN(C)C(C)=O)c2)CC1. The van der Waals surface area contributed by atoms with Crippen LogP contribution in [0.4, 0.5) is 5.69 Å². The van der Waals surface area contributed by atoms with Gasteiger partial charge in [-0.05, 0) is 49.3 Å². The molecule has 3 heteroatoms. The van der Waals surface area contributed by atoms with Crippen molar-refractivity contribution in [1.82, 2.24) is 4.90 Å². The van der Waals surface area contributed by atoms with Gasteiger partial charge in [0.2, 0.25) is 5.91 Å². The summed E-state index contributed by atoms with van der Waals surface area (Å²) in [7, 11) is 1.84. The van der Waals surface area contributed by atoms with E-state index in [0.29, 0.717) is 12.6 Å². The molecule has 2 rings (SSSR count). The molecule has 0 atom stereocenters. The number of carbonyl (C=O) groups excluding carboxylic acids is 1. The summed E-state index contributed by atoms with van der Waals surface area (Å²) in [6.45, 7) is 4.58. The molecule has 0 heterocycles. The van der Waals surface area contributed by atoms with E-state index in [4.69, 9.17) is 0 Å². The van der Waals surface area contributed by atoms with Crippen molar-refractivity contribution in [3.05, 3.63) is 29.8 Å². The number of amides is 1. The Morgan fingerprint density at radius 1 is 1.29 bits per heavy atom. The number of anilines is 1. The normalized spacial score (nSPS) is 21.9. The van der Waals surface area contributed by atoms with Crippen molar-refractivity contribution < 1.29 is 4.79 Å². The molecule has 0 unspecified atom stereocenters. The smallest absolute Gasteiger partial charge is 0.219 e. The predicted octanol–water partition coefficient (Wildman–Crippen LogP) is 4.05. The van der Waals surface area contributed by atoms with Crippen LogP contribution in [0.5, 0.6) is 0 Å². The van der Waals surface area contributed by atoms with Gasteiger partial charge >= 0.3 is 0 Å². The van der Waals surface area contributed by atoms with Gasteiger partial charge in [0.1, 0.15) is 0 Å². The highest BCUT2D eigenvalue weighted by molar-refractivity contribution is 5.72. The van der Waals surface area contributed by atoms with Crippen molar-refractivity contribution in [2.75, 3.05) is 12.4 Å². The van der Waals surface area contributed by atoms with E-state index in [0.717, 1.165) is 5.92 Å². The lowest BCUT2D eigenvalue weighted by Gasteiger charge is -2.29. The summed E-state index contributed by atoms with van der Waals surface area (Å²) in [5.41, 5.74) is 2.37. The van der Waals surface area contributed by atoms with Crippen molar-refractivity contribution in [2.24, 2.45) is 5.92 Å². The molecule has 1 aromatic carbocycles. The number of hydrogen-bond acceptors (Lipinski definition) is 2. The lowest BCUT2D eigenvalue weighted by atomic mass is 9.84. The summed E-state index contributed by atoms with van der Waals surface area (Å²) in [6, 6.07) is 9.06. The van der Waals surface area contributed by atoms with Crippen molar-refractivity contribution in [2.45, 2.75) is 58.5 Å². The summed E-state index contributed by atoms with van der Waals surface area (Å²) in [5, 5.41) is 3.66. The lowest BCUT2D eigenvalue weighted by Crippen LogP contribution is -2.26. The molecular weight excluding hydrogens is 260 g/mol. The maximum Gasteiger partial charge on any atom is 0.219 e. The standard InChI is InChI=1S/C18H28N2O/c1-4-15-8-10-17(11-9-15)19-18-7-5-6-16(12-18)13-20(3)14(2)21/h5-7,12,15,17,19H,4,8-11,13H2,1-3H3. The molecule has 1 aromatic rings. The highest BCUT2D eigenvalue weighted by Crippen LogP contribution is 2.28. The van der Waals surface area contributed by atoms with Crippen LogP contribution in [0.2, 0.25) is 0 Å². The molecule has 1 fully saturated rings. The van der Waals surface area contributed by atoms with E-state index in [-0.39, 0.29) is 5.91 Å². The quantitative estimate of drug-likeness (QED) is 0.886. The summed E-state index contributed by atoms with van der Waals surface area (Å²) in [4.78, 5) is 13.1. The van der Waals surface area contributed by atoms with Crippen LogP contribution in [0, 0.1) is 5.92 Å². The van der Waals surface area contributed by atoms with Gasteiger partial charge in [0, 0.05) is 32.2 Å². The third-order valence-electron chi connectivity index (χ3n) is 4.68. The minimum atomic E-state index is 0.103. The van der Waals surface area contributed by atoms with Gasteiger partial charge in [0.15, 0.2) is 0 Å². The first-order valence-electron chi connectivity index (χ1n) is 8.15. The van der Waals surface area contributed by atoms with Crippen LogP contribution >= 0.6 is 0 Å². The minimum absolute atomic E-state index is 0.103. The first-order chi connectivity index (χ1) is 10.1. The van der Waals surface area contributed by atoms with Crippen LogP contribution in [0.1, 0.15) is 51.5 Å². The molecule has 116 valence electrons. The van der Waals surface area contributed by atoms with Crippen molar-refractivity contribution in [1.29, 1.82) is 0 Å². The third kappa shape index (κ3) is 4.76. The second-order valence-corrected chi connectivity index (χ2v) is 6.35. The second-order valence-electron chi connectivity index (χ2n) is 6.35. The molecule has 0 spiro atoms. The van der Waals surface area contributed by atoms with Gasteiger partial charge in [-0.2, -0.15) is 0 Å². The molecule has 21 heavy (non-hydrogen) atoms. The predicted molar refractivity (Wildman–Crippen MR) is 88.2 cm³/mol. The van der Waals surface area contributed by atoms with Crippen LogP contribution in [-0.4, -0.2) is 23.9 Å². The first-order valence-corrected chi connectivity index (χ1v) is 8.15. The Morgan fingerprint density at radius 3 is 2.62 bits per heavy atom. The molecule has 1 N–H and O–H groups in total. The molecule has 0 radical (unpaired) electrons. The molecule has 3 nitrogen and oxygen atoms in total. The maximum absolute atomic E-state index is 11.3. The fourth-order valence-electron chi connectivity index (χ4n) is 3.10. The summed E-state index contributed by atoms with van der Waals surface area (Å²) in [6.07, 6.45) is 6.56. The van der Waals surface area contributed by atoms with Crippen LogP contribution in [-0.2, 0) is 11.3 Å². The molecule has 1 aliphatic carbocycles. The van der Waals surface area contributed by atoms with Gasteiger partial charge in [-0.25, -0.2) is 0 Å². The topological polar surface area (TPSA) is 32.3 Å². The lowest BCUT2D eigenvalue weighted by molar-refractivity contribution is -0.128. The number of nitrogens with zero attached hydrogens (tertiary/aromatic N) is 1. The van der Waals surface area contributed by atoms with E-state index in [1.165, 1.54) is 43.4 Å². The minimum Gasteiger partial charge on any atom is -0.382 e. The van der Waals surface area contributed by atoms with Crippen LogP contribution in [0.25, 0.3) is 0 Å². The molecule has 0 bridgehead atoms. The Labute approximate surface area is 128 Å². The summed E-state index contributed by atoms with van der Waals surface area (Å²) in [5.74, 6) is 1.03. The Morgan fingerprint density at radius 2 is 2.00 bits per heavy atom. The Bertz CT molecular complexity index is 464. The maximum atomic E-state index is 11.3. The van der Waals surface area contributed by atoms with E-state index in [2.05, 4.69) is 36.5 Å². The van der Waals surface area contributed by atoms with Gasteiger partial charge in [-0.15, -0.1) is 0 Å². The summed E-state index contributed by atoms with van der Waals surface area (Å²) >= 11 is 0. The van der Waals surface area contributed by atoms with Crippen LogP contribution in [0.15, 0.2) is 24.3 Å². The van der Waals surface area contributed by atoms with Gasteiger partial charge in [-0.3, -0.25) is 4.79 Å². The van der Waals surface area contributed by atoms with Crippen molar-refractivity contribution in [3.8, 4) is 0 Å². The average molecular weight is 288 g/mol. The molecular formula is C18H28N2O. The molecule has 1 saturated carbocycles. The van der Waals surface area contributed by atoms with Gasteiger partial charge in [0.05, 0.1) is 0 Å². The molecule has 1 aliphatic rings. The largest absolute Gasteiger partial charge is 0.382 e. The molecule has 0 saturated heterocycles.